The van der Waals surface area contributed by atoms with Crippen LogP contribution in [0.25, 0.3) is 5.69 Å². The van der Waals surface area contributed by atoms with Crippen molar-refractivity contribution in [2.45, 2.75) is 12.8 Å². The molecule has 2 aromatic carbocycles. The molecule has 2 amide bonds. The normalized spacial score (nSPS) is 10.6. The van der Waals surface area contributed by atoms with Crippen molar-refractivity contribution in [3.05, 3.63) is 83.7 Å². The quantitative estimate of drug-likeness (QED) is 0.613. The fourth-order valence-corrected chi connectivity index (χ4v) is 2.70. The highest BCUT2D eigenvalue weighted by atomic mass is 19.1. The third-order valence-corrected chi connectivity index (χ3v) is 4.21. The standard InChI is InChI=1S/C21H20F2N4O2/c22-16-6-7-18(19(23)12-16)21(29)25-11-9-20(28)24-10-8-15-13-26-27(14-15)17-4-2-1-3-5-17/h1-7,12-14H,8-11H2,(H,24,28)(H,25,29). The zero-order valence-electron chi connectivity index (χ0n) is 15.6. The lowest BCUT2D eigenvalue weighted by Gasteiger charge is -2.07. The van der Waals surface area contributed by atoms with Gasteiger partial charge in [-0.2, -0.15) is 5.10 Å². The first-order valence-electron chi connectivity index (χ1n) is 9.12. The molecule has 0 saturated carbocycles. The van der Waals surface area contributed by atoms with Gasteiger partial charge in [0.15, 0.2) is 0 Å². The summed E-state index contributed by atoms with van der Waals surface area (Å²) in [5.74, 6) is -2.63. The minimum atomic E-state index is -0.942. The maximum Gasteiger partial charge on any atom is 0.254 e. The molecule has 0 spiro atoms. The molecule has 0 atom stereocenters. The zero-order chi connectivity index (χ0) is 20.6. The number of halogens is 2. The van der Waals surface area contributed by atoms with Gasteiger partial charge in [-0.15, -0.1) is 0 Å². The monoisotopic (exact) mass is 398 g/mol. The van der Waals surface area contributed by atoms with E-state index in [1.165, 1.54) is 0 Å². The van der Waals surface area contributed by atoms with Crippen LogP contribution in [-0.2, 0) is 11.2 Å². The molecule has 0 radical (unpaired) electrons. The molecule has 0 aliphatic carbocycles. The predicted octanol–water partition coefficient (Wildman–Crippen LogP) is 2.63. The molecule has 0 bridgehead atoms. The highest BCUT2D eigenvalue weighted by Gasteiger charge is 2.12. The molecule has 0 unspecified atom stereocenters. The largest absolute Gasteiger partial charge is 0.356 e. The number of carbonyl (C=O) groups is 2. The van der Waals surface area contributed by atoms with Crippen molar-refractivity contribution in [2.24, 2.45) is 0 Å². The number of amides is 2. The summed E-state index contributed by atoms with van der Waals surface area (Å²) in [4.78, 5) is 23.7. The lowest BCUT2D eigenvalue weighted by atomic mass is 10.2. The Morgan fingerprint density at radius 1 is 1.00 bits per heavy atom. The smallest absolute Gasteiger partial charge is 0.254 e. The van der Waals surface area contributed by atoms with Gasteiger partial charge in [-0.3, -0.25) is 9.59 Å². The number of hydrogen-bond donors (Lipinski definition) is 2. The fraction of sp³-hybridized carbons (Fsp3) is 0.190. The van der Waals surface area contributed by atoms with Gasteiger partial charge < -0.3 is 10.6 Å². The SMILES string of the molecule is O=C(CCNC(=O)c1ccc(F)cc1F)NCCc1cnn(-c2ccccc2)c1. The second kappa shape index (κ2) is 9.59. The molecule has 6 nitrogen and oxygen atoms in total. The van der Waals surface area contributed by atoms with Crippen LogP contribution in [0.3, 0.4) is 0 Å². The molecule has 150 valence electrons. The summed E-state index contributed by atoms with van der Waals surface area (Å²) in [7, 11) is 0. The van der Waals surface area contributed by atoms with E-state index in [0.717, 1.165) is 23.4 Å². The van der Waals surface area contributed by atoms with Crippen molar-refractivity contribution in [2.75, 3.05) is 13.1 Å². The second-order valence-electron chi connectivity index (χ2n) is 6.36. The molecular formula is C21H20F2N4O2. The summed E-state index contributed by atoms with van der Waals surface area (Å²) in [6, 6.07) is 12.4. The number of carbonyl (C=O) groups excluding carboxylic acids is 2. The molecule has 3 aromatic rings. The van der Waals surface area contributed by atoms with Crippen LogP contribution in [0.15, 0.2) is 60.9 Å². The van der Waals surface area contributed by atoms with Gasteiger partial charge in [-0.05, 0) is 36.2 Å². The fourth-order valence-electron chi connectivity index (χ4n) is 2.70. The Bertz CT molecular complexity index is 989. The maximum absolute atomic E-state index is 13.5. The van der Waals surface area contributed by atoms with Crippen LogP contribution >= 0.6 is 0 Å². The van der Waals surface area contributed by atoms with E-state index in [4.69, 9.17) is 0 Å². The minimum Gasteiger partial charge on any atom is -0.356 e. The number of benzene rings is 2. The first-order chi connectivity index (χ1) is 14.0. The molecule has 0 aliphatic rings. The number of hydrogen-bond acceptors (Lipinski definition) is 3. The molecule has 2 N–H and O–H groups in total. The summed E-state index contributed by atoms with van der Waals surface area (Å²) in [5, 5.41) is 9.50. The molecule has 0 aliphatic heterocycles. The zero-order valence-corrected chi connectivity index (χ0v) is 15.6. The van der Waals surface area contributed by atoms with E-state index in [1.54, 1.807) is 10.9 Å². The highest BCUT2D eigenvalue weighted by Crippen LogP contribution is 2.09. The van der Waals surface area contributed by atoms with Gasteiger partial charge in [0, 0.05) is 31.8 Å². The third-order valence-electron chi connectivity index (χ3n) is 4.21. The van der Waals surface area contributed by atoms with Crippen LogP contribution in [0.5, 0.6) is 0 Å². The molecule has 0 saturated heterocycles. The Morgan fingerprint density at radius 2 is 1.79 bits per heavy atom. The lowest BCUT2D eigenvalue weighted by molar-refractivity contribution is -0.120. The van der Waals surface area contributed by atoms with Crippen LogP contribution in [0, 0.1) is 11.6 Å². The van der Waals surface area contributed by atoms with E-state index in [1.807, 2.05) is 36.5 Å². The summed E-state index contributed by atoms with van der Waals surface area (Å²) in [6.07, 6.45) is 4.32. The predicted molar refractivity (Wildman–Crippen MR) is 104 cm³/mol. The Balaban J connectivity index is 1.37. The molecule has 29 heavy (non-hydrogen) atoms. The van der Waals surface area contributed by atoms with Crippen LogP contribution in [0.4, 0.5) is 8.78 Å². The Hall–Kier alpha value is -3.55. The van der Waals surface area contributed by atoms with Gasteiger partial charge in [0.2, 0.25) is 5.91 Å². The average Bonchev–Trinajstić information content (AvgIpc) is 3.17. The second-order valence-corrected chi connectivity index (χ2v) is 6.36. The maximum atomic E-state index is 13.5. The Labute approximate surface area is 166 Å². The van der Waals surface area contributed by atoms with Crippen molar-refractivity contribution in [1.82, 2.24) is 20.4 Å². The first-order valence-corrected chi connectivity index (χ1v) is 9.12. The van der Waals surface area contributed by atoms with Gasteiger partial charge in [0.25, 0.3) is 5.91 Å². The van der Waals surface area contributed by atoms with Crippen LogP contribution in [0.2, 0.25) is 0 Å². The summed E-state index contributed by atoms with van der Waals surface area (Å²) in [6.45, 7) is 0.479. The van der Waals surface area contributed by atoms with E-state index in [2.05, 4.69) is 15.7 Å². The van der Waals surface area contributed by atoms with Crippen molar-refractivity contribution >= 4 is 11.8 Å². The van der Waals surface area contributed by atoms with Crippen molar-refractivity contribution < 1.29 is 18.4 Å². The van der Waals surface area contributed by atoms with Gasteiger partial charge >= 0.3 is 0 Å². The molecule has 1 aromatic heterocycles. The van der Waals surface area contributed by atoms with E-state index in [-0.39, 0.29) is 24.4 Å². The van der Waals surface area contributed by atoms with E-state index >= 15 is 0 Å². The highest BCUT2D eigenvalue weighted by molar-refractivity contribution is 5.94. The number of rotatable bonds is 8. The van der Waals surface area contributed by atoms with Gasteiger partial charge in [-0.1, -0.05) is 18.2 Å². The number of aromatic nitrogens is 2. The van der Waals surface area contributed by atoms with E-state index in [0.29, 0.717) is 19.0 Å². The average molecular weight is 398 g/mol. The topological polar surface area (TPSA) is 76.0 Å². The minimum absolute atomic E-state index is 0.0490. The Kier molecular flexibility index (Phi) is 6.67. The number of nitrogens with zero attached hydrogens (tertiary/aromatic N) is 2. The molecule has 8 heteroatoms. The van der Waals surface area contributed by atoms with Gasteiger partial charge in [-0.25, -0.2) is 13.5 Å². The van der Waals surface area contributed by atoms with Crippen molar-refractivity contribution in [3.63, 3.8) is 0 Å². The summed E-state index contributed by atoms with van der Waals surface area (Å²) in [5.41, 5.74) is 1.67. The van der Waals surface area contributed by atoms with Crippen molar-refractivity contribution in [3.8, 4) is 5.69 Å². The summed E-state index contributed by atoms with van der Waals surface area (Å²) < 4.78 is 28.2. The first kappa shape index (κ1) is 20.2. The van der Waals surface area contributed by atoms with Gasteiger partial charge in [0.1, 0.15) is 11.6 Å². The molecular weight excluding hydrogens is 378 g/mol. The molecule has 3 rings (SSSR count). The molecule has 1 heterocycles. The van der Waals surface area contributed by atoms with Crippen LogP contribution < -0.4 is 10.6 Å². The molecule has 0 fully saturated rings. The lowest BCUT2D eigenvalue weighted by Crippen LogP contribution is -2.32. The Morgan fingerprint density at radius 3 is 2.55 bits per heavy atom. The third kappa shape index (κ3) is 5.71. The van der Waals surface area contributed by atoms with E-state index in [9.17, 15) is 18.4 Å². The number of para-hydroxylation sites is 1. The van der Waals surface area contributed by atoms with Crippen LogP contribution in [0.1, 0.15) is 22.3 Å². The van der Waals surface area contributed by atoms with Crippen molar-refractivity contribution in [1.29, 1.82) is 0 Å². The number of nitrogens with one attached hydrogen (secondary N) is 2. The summed E-state index contributed by atoms with van der Waals surface area (Å²) >= 11 is 0. The van der Waals surface area contributed by atoms with Crippen LogP contribution in [-0.4, -0.2) is 34.7 Å². The van der Waals surface area contributed by atoms with E-state index < -0.39 is 17.5 Å². The van der Waals surface area contributed by atoms with Gasteiger partial charge in [0.05, 0.1) is 17.4 Å².